The molecule has 0 aromatic heterocycles. The van der Waals surface area contributed by atoms with Crippen LogP contribution in [0.1, 0.15) is 24.1 Å². The van der Waals surface area contributed by atoms with E-state index in [0.29, 0.717) is 12.1 Å². The molecule has 0 amide bonds. The van der Waals surface area contributed by atoms with Gasteiger partial charge in [0.1, 0.15) is 6.61 Å². The zero-order valence-electron chi connectivity index (χ0n) is 10.9. The second-order valence-electron chi connectivity index (χ2n) is 4.16. The van der Waals surface area contributed by atoms with Crippen molar-refractivity contribution >= 4 is 0 Å². The fourth-order valence-corrected chi connectivity index (χ4v) is 1.73. The molecule has 0 heterocycles. The van der Waals surface area contributed by atoms with Crippen LogP contribution in [0, 0.1) is 0 Å². The molecule has 7 heteroatoms. The van der Waals surface area contributed by atoms with Crippen LogP contribution in [0.5, 0.6) is 0 Å². The minimum absolute atomic E-state index is 0.112. The van der Waals surface area contributed by atoms with Crippen LogP contribution in [0.3, 0.4) is 0 Å². The van der Waals surface area contributed by atoms with E-state index in [1.165, 1.54) is 12.1 Å². The van der Waals surface area contributed by atoms with Crippen LogP contribution in [-0.2, 0) is 10.9 Å². The molecule has 1 rings (SSSR count). The van der Waals surface area contributed by atoms with Crippen molar-refractivity contribution in [2.75, 3.05) is 19.8 Å². The number of benzene rings is 1. The van der Waals surface area contributed by atoms with Gasteiger partial charge < -0.3 is 10.1 Å². The fraction of sp³-hybridized carbons (Fsp3) is 0.538. The third-order valence-corrected chi connectivity index (χ3v) is 2.60. The summed E-state index contributed by atoms with van der Waals surface area (Å²) in [6, 6.07) is 4.20. The molecule has 0 aliphatic carbocycles. The number of hydrogen-bond acceptors (Lipinski definition) is 2. The Balaban J connectivity index is 2.80. The van der Waals surface area contributed by atoms with E-state index in [4.69, 9.17) is 4.74 Å². The van der Waals surface area contributed by atoms with Gasteiger partial charge in [-0.05, 0) is 24.2 Å². The smallest absolute Gasteiger partial charge is 0.374 e. The second-order valence-corrected chi connectivity index (χ2v) is 4.16. The third-order valence-electron chi connectivity index (χ3n) is 2.60. The van der Waals surface area contributed by atoms with Gasteiger partial charge in [-0.1, -0.05) is 19.1 Å². The van der Waals surface area contributed by atoms with E-state index in [0.717, 1.165) is 12.1 Å². The summed E-state index contributed by atoms with van der Waals surface area (Å²) in [5.41, 5.74) is -0.414. The number of likely N-dealkylation sites (N-methyl/N-ethyl adjacent to an activating group) is 1. The normalized spacial score (nSPS) is 13.8. The molecule has 1 aromatic rings. The van der Waals surface area contributed by atoms with Crippen molar-refractivity contribution in [1.82, 2.24) is 5.32 Å². The van der Waals surface area contributed by atoms with Crippen molar-refractivity contribution in [2.24, 2.45) is 0 Å². The topological polar surface area (TPSA) is 21.3 Å². The Morgan fingerprint density at radius 1 is 1.20 bits per heavy atom. The minimum atomic E-state index is -4.43. The van der Waals surface area contributed by atoms with E-state index in [1.54, 1.807) is 6.92 Å². The van der Waals surface area contributed by atoms with Crippen molar-refractivity contribution in [3.8, 4) is 0 Å². The predicted molar refractivity (Wildman–Crippen MR) is 64.7 cm³/mol. The first kappa shape index (κ1) is 16.8. The van der Waals surface area contributed by atoms with Crippen molar-refractivity contribution in [1.29, 1.82) is 0 Å². The van der Waals surface area contributed by atoms with Crippen LogP contribution in [0.25, 0.3) is 0 Å². The van der Waals surface area contributed by atoms with Crippen LogP contribution >= 0.6 is 0 Å². The van der Waals surface area contributed by atoms with Gasteiger partial charge >= 0.3 is 6.18 Å². The SMILES string of the molecule is CCNC(COCC(F)F)c1cccc(C(F)(F)F)c1. The van der Waals surface area contributed by atoms with Crippen molar-refractivity contribution < 1.29 is 26.7 Å². The Bertz CT molecular complexity index is 408. The van der Waals surface area contributed by atoms with Crippen molar-refractivity contribution in [2.45, 2.75) is 25.6 Å². The molecule has 0 spiro atoms. The van der Waals surface area contributed by atoms with Gasteiger partial charge in [0.25, 0.3) is 6.43 Å². The Hall–Kier alpha value is -1.21. The molecule has 0 aliphatic heterocycles. The summed E-state index contributed by atoms with van der Waals surface area (Å²) in [6.07, 6.45) is -7.03. The van der Waals surface area contributed by atoms with E-state index in [1.807, 2.05) is 0 Å². The number of ether oxygens (including phenoxy) is 1. The lowest BCUT2D eigenvalue weighted by Gasteiger charge is -2.19. The fourth-order valence-electron chi connectivity index (χ4n) is 1.73. The lowest BCUT2D eigenvalue weighted by atomic mass is 10.0. The average Bonchev–Trinajstić information content (AvgIpc) is 2.36. The molecule has 0 saturated carbocycles. The highest BCUT2D eigenvalue weighted by Crippen LogP contribution is 2.30. The van der Waals surface area contributed by atoms with Crippen LogP contribution in [0.15, 0.2) is 24.3 Å². The maximum Gasteiger partial charge on any atom is 0.416 e. The highest BCUT2D eigenvalue weighted by Gasteiger charge is 2.30. The van der Waals surface area contributed by atoms with Gasteiger partial charge in [-0.15, -0.1) is 0 Å². The number of alkyl halides is 5. The lowest BCUT2D eigenvalue weighted by Crippen LogP contribution is -2.26. The Labute approximate surface area is 113 Å². The number of hydrogen-bond donors (Lipinski definition) is 1. The number of halogens is 5. The van der Waals surface area contributed by atoms with Gasteiger partial charge in [0, 0.05) is 0 Å². The molecule has 1 unspecified atom stereocenters. The third kappa shape index (κ3) is 5.42. The summed E-state index contributed by atoms with van der Waals surface area (Å²) < 4.78 is 66.7. The van der Waals surface area contributed by atoms with Crippen LogP contribution in [0.4, 0.5) is 22.0 Å². The number of rotatable bonds is 7. The lowest BCUT2D eigenvalue weighted by molar-refractivity contribution is -0.137. The predicted octanol–water partition coefficient (Wildman–Crippen LogP) is 3.64. The van der Waals surface area contributed by atoms with Crippen LogP contribution < -0.4 is 5.32 Å². The van der Waals surface area contributed by atoms with Crippen molar-refractivity contribution in [3.63, 3.8) is 0 Å². The molecular weight excluding hydrogens is 281 g/mol. The standard InChI is InChI=1S/C13H16F5NO/c1-2-19-11(7-20-8-12(14)15)9-4-3-5-10(6-9)13(16,17)18/h3-6,11-12,19H,2,7-8H2,1H3. The van der Waals surface area contributed by atoms with Gasteiger partial charge in [0.05, 0.1) is 18.2 Å². The van der Waals surface area contributed by atoms with E-state index in [9.17, 15) is 22.0 Å². The molecule has 0 saturated heterocycles. The monoisotopic (exact) mass is 297 g/mol. The Kier molecular flexibility index (Phi) is 6.35. The van der Waals surface area contributed by atoms with E-state index >= 15 is 0 Å². The molecule has 1 atom stereocenters. The highest BCUT2D eigenvalue weighted by molar-refractivity contribution is 5.28. The molecular formula is C13H16F5NO. The van der Waals surface area contributed by atoms with Crippen LogP contribution in [-0.4, -0.2) is 26.2 Å². The maximum absolute atomic E-state index is 12.6. The largest absolute Gasteiger partial charge is 0.416 e. The van der Waals surface area contributed by atoms with Gasteiger partial charge in [0.2, 0.25) is 0 Å². The first-order valence-electron chi connectivity index (χ1n) is 6.11. The maximum atomic E-state index is 12.6. The summed E-state index contributed by atoms with van der Waals surface area (Å²) >= 11 is 0. The highest BCUT2D eigenvalue weighted by atomic mass is 19.4. The van der Waals surface area contributed by atoms with Crippen LogP contribution in [0.2, 0.25) is 0 Å². The molecule has 20 heavy (non-hydrogen) atoms. The molecule has 1 N–H and O–H groups in total. The molecule has 0 fully saturated rings. The molecule has 0 bridgehead atoms. The molecule has 0 radical (unpaired) electrons. The summed E-state index contributed by atoms with van der Waals surface area (Å²) in [5.74, 6) is 0. The van der Waals surface area contributed by atoms with Gasteiger partial charge in [-0.3, -0.25) is 0 Å². The molecule has 114 valence electrons. The molecule has 0 aliphatic rings. The summed E-state index contributed by atoms with van der Waals surface area (Å²) in [5, 5.41) is 2.91. The van der Waals surface area contributed by atoms with E-state index < -0.39 is 30.8 Å². The van der Waals surface area contributed by atoms with E-state index in [2.05, 4.69) is 5.32 Å². The zero-order chi connectivity index (χ0) is 15.2. The Morgan fingerprint density at radius 3 is 2.45 bits per heavy atom. The Morgan fingerprint density at radius 2 is 1.90 bits per heavy atom. The quantitative estimate of drug-likeness (QED) is 0.776. The molecule has 1 aromatic carbocycles. The first-order valence-corrected chi connectivity index (χ1v) is 6.11. The van der Waals surface area contributed by atoms with Gasteiger partial charge in [-0.25, -0.2) is 8.78 Å². The molecule has 2 nitrogen and oxygen atoms in total. The van der Waals surface area contributed by atoms with E-state index in [-0.39, 0.29) is 6.61 Å². The second kappa shape index (κ2) is 7.54. The zero-order valence-corrected chi connectivity index (χ0v) is 10.9. The number of nitrogens with one attached hydrogen (secondary N) is 1. The summed E-state index contributed by atoms with van der Waals surface area (Å²) in [7, 11) is 0. The average molecular weight is 297 g/mol. The summed E-state index contributed by atoms with van der Waals surface area (Å²) in [6.45, 7) is 1.41. The van der Waals surface area contributed by atoms with Crippen molar-refractivity contribution in [3.05, 3.63) is 35.4 Å². The van der Waals surface area contributed by atoms with Gasteiger partial charge in [0.15, 0.2) is 0 Å². The minimum Gasteiger partial charge on any atom is -0.374 e. The summed E-state index contributed by atoms with van der Waals surface area (Å²) in [4.78, 5) is 0. The van der Waals surface area contributed by atoms with Gasteiger partial charge in [-0.2, -0.15) is 13.2 Å². The first-order chi connectivity index (χ1) is 9.34.